The molecule has 0 unspecified atom stereocenters. The smallest absolute Gasteiger partial charge is 0.268 e. The Morgan fingerprint density at radius 1 is 1.35 bits per heavy atom. The van der Waals surface area contributed by atoms with Gasteiger partial charge in [-0.15, -0.1) is 0 Å². The average Bonchev–Trinajstić information content (AvgIpc) is 2.77. The first-order valence-corrected chi connectivity index (χ1v) is 7.25. The van der Waals surface area contributed by atoms with Gasteiger partial charge in [-0.1, -0.05) is 11.6 Å². The highest BCUT2D eigenvalue weighted by molar-refractivity contribution is 6.01. The first-order chi connectivity index (χ1) is 9.65. The third kappa shape index (κ3) is 2.43. The van der Waals surface area contributed by atoms with E-state index in [0.717, 1.165) is 42.4 Å². The number of aromatic amines is 1. The lowest BCUT2D eigenvalue weighted by atomic mass is 10.1. The fourth-order valence-corrected chi connectivity index (χ4v) is 2.90. The van der Waals surface area contributed by atoms with Crippen molar-refractivity contribution in [3.05, 3.63) is 35.0 Å². The molecule has 2 heterocycles. The van der Waals surface area contributed by atoms with Gasteiger partial charge in [-0.3, -0.25) is 4.79 Å². The van der Waals surface area contributed by atoms with Gasteiger partial charge in [0.1, 0.15) is 5.69 Å². The maximum absolute atomic E-state index is 12.4. The van der Waals surface area contributed by atoms with E-state index >= 15 is 0 Å². The van der Waals surface area contributed by atoms with Crippen molar-refractivity contribution in [3.63, 3.8) is 0 Å². The summed E-state index contributed by atoms with van der Waals surface area (Å²) in [4.78, 5) is 15.7. The van der Waals surface area contributed by atoms with Gasteiger partial charge in [0.25, 0.3) is 5.91 Å². The molecule has 3 rings (SSSR count). The van der Waals surface area contributed by atoms with Crippen LogP contribution in [0.4, 0.5) is 0 Å². The Bertz CT molecular complexity index is 638. The summed E-state index contributed by atoms with van der Waals surface area (Å²) < 4.78 is 0. The number of aromatic nitrogens is 1. The highest BCUT2D eigenvalue weighted by atomic mass is 16.2. The van der Waals surface area contributed by atoms with Gasteiger partial charge in [0.05, 0.1) is 0 Å². The van der Waals surface area contributed by atoms with Crippen LogP contribution in [-0.4, -0.2) is 30.0 Å². The van der Waals surface area contributed by atoms with Crippen molar-refractivity contribution in [3.8, 4) is 0 Å². The maximum atomic E-state index is 12.4. The molecule has 1 fully saturated rings. The zero-order chi connectivity index (χ0) is 14.1. The van der Waals surface area contributed by atoms with E-state index in [-0.39, 0.29) is 11.9 Å². The first kappa shape index (κ1) is 13.2. The minimum Gasteiger partial charge on any atom is -0.350 e. The molecule has 4 heteroatoms. The van der Waals surface area contributed by atoms with Crippen LogP contribution in [0.25, 0.3) is 10.9 Å². The quantitative estimate of drug-likeness (QED) is 0.785. The number of piperidine rings is 1. The van der Waals surface area contributed by atoms with E-state index < -0.39 is 0 Å². The Hall–Kier alpha value is -1.81. The first-order valence-electron chi connectivity index (χ1n) is 7.25. The van der Waals surface area contributed by atoms with Crippen molar-refractivity contribution in [1.82, 2.24) is 15.6 Å². The Balaban J connectivity index is 1.85. The molecule has 0 bridgehead atoms. The minimum atomic E-state index is 0.00468. The van der Waals surface area contributed by atoms with Crippen molar-refractivity contribution in [2.45, 2.75) is 32.7 Å². The summed E-state index contributed by atoms with van der Waals surface area (Å²) in [5.41, 5.74) is 3.96. The molecule has 106 valence electrons. The number of rotatable bonds is 2. The monoisotopic (exact) mass is 271 g/mol. The number of carbonyl (C=O) groups is 1. The molecule has 1 atom stereocenters. The zero-order valence-electron chi connectivity index (χ0n) is 12.0. The van der Waals surface area contributed by atoms with E-state index in [0.29, 0.717) is 5.69 Å². The van der Waals surface area contributed by atoms with Crippen LogP contribution in [0.2, 0.25) is 0 Å². The summed E-state index contributed by atoms with van der Waals surface area (Å²) >= 11 is 0. The fraction of sp³-hybridized carbons (Fsp3) is 0.438. The van der Waals surface area contributed by atoms with E-state index in [1.54, 1.807) is 0 Å². The summed E-state index contributed by atoms with van der Waals surface area (Å²) in [5.74, 6) is 0.00468. The molecule has 20 heavy (non-hydrogen) atoms. The lowest BCUT2D eigenvalue weighted by Crippen LogP contribution is -2.45. The second kappa shape index (κ2) is 5.29. The molecule has 1 aliphatic rings. The Morgan fingerprint density at radius 2 is 2.20 bits per heavy atom. The molecule has 4 nitrogen and oxygen atoms in total. The van der Waals surface area contributed by atoms with E-state index in [1.165, 1.54) is 5.56 Å². The number of amides is 1. The lowest BCUT2D eigenvalue weighted by Gasteiger charge is -2.23. The summed E-state index contributed by atoms with van der Waals surface area (Å²) in [7, 11) is 0. The van der Waals surface area contributed by atoms with Crippen LogP contribution < -0.4 is 10.6 Å². The predicted octanol–water partition coefficient (Wildman–Crippen LogP) is 2.27. The van der Waals surface area contributed by atoms with E-state index in [4.69, 9.17) is 0 Å². The molecular formula is C16H21N3O. The molecule has 1 aromatic heterocycles. The molecule has 1 aromatic carbocycles. The number of nitrogens with one attached hydrogen (secondary N) is 3. The second-order valence-electron chi connectivity index (χ2n) is 5.69. The number of hydrogen-bond acceptors (Lipinski definition) is 2. The predicted molar refractivity (Wildman–Crippen MR) is 81.1 cm³/mol. The molecule has 0 radical (unpaired) electrons. The summed E-state index contributed by atoms with van der Waals surface area (Å²) in [6.07, 6.45) is 2.17. The Morgan fingerprint density at radius 3 is 2.95 bits per heavy atom. The number of hydrogen-bond donors (Lipinski definition) is 3. The lowest BCUT2D eigenvalue weighted by molar-refractivity contribution is 0.0926. The van der Waals surface area contributed by atoms with Gasteiger partial charge in [-0.2, -0.15) is 0 Å². The van der Waals surface area contributed by atoms with Crippen LogP contribution >= 0.6 is 0 Å². The number of carbonyl (C=O) groups excluding carboxylic acids is 1. The molecule has 1 saturated heterocycles. The molecule has 0 saturated carbocycles. The second-order valence-corrected chi connectivity index (χ2v) is 5.69. The molecule has 1 aliphatic heterocycles. The normalized spacial score (nSPS) is 19.2. The van der Waals surface area contributed by atoms with Gasteiger partial charge in [-0.05, 0) is 50.9 Å². The van der Waals surface area contributed by atoms with Crippen LogP contribution in [0.1, 0.15) is 34.5 Å². The maximum Gasteiger partial charge on any atom is 0.268 e. The SMILES string of the molecule is Cc1ccc2[nH]c(C(=O)N[C@@H]3CCCNC3)c(C)c2c1. The fourth-order valence-electron chi connectivity index (χ4n) is 2.90. The van der Waals surface area contributed by atoms with Gasteiger partial charge in [0.15, 0.2) is 0 Å². The van der Waals surface area contributed by atoms with E-state index in [9.17, 15) is 4.79 Å². The molecule has 2 aromatic rings. The van der Waals surface area contributed by atoms with E-state index in [2.05, 4.69) is 34.7 Å². The van der Waals surface area contributed by atoms with Gasteiger partial charge >= 0.3 is 0 Å². The Kier molecular flexibility index (Phi) is 3.49. The van der Waals surface area contributed by atoms with Gasteiger partial charge < -0.3 is 15.6 Å². The van der Waals surface area contributed by atoms with Gasteiger partial charge in [-0.25, -0.2) is 0 Å². The highest BCUT2D eigenvalue weighted by Gasteiger charge is 2.19. The largest absolute Gasteiger partial charge is 0.350 e. The standard InChI is InChI=1S/C16H21N3O/c1-10-5-6-14-13(8-10)11(2)15(19-14)16(20)18-12-4-3-7-17-9-12/h5-6,8,12,17,19H,3-4,7,9H2,1-2H3,(H,18,20)/t12-/m1/s1. The molecule has 3 N–H and O–H groups in total. The molecular weight excluding hydrogens is 250 g/mol. The summed E-state index contributed by atoms with van der Waals surface area (Å²) in [5, 5.41) is 7.57. The van der Waals surface area contributed by atoms with Crippen molar-refractivity contribution in [2.75, 3.05) is 13.1 Å². The number of benzene rings is 1. The van der Waals surface area contributed by atoms with Crippen LogP contribution in [0.15, 0.2) is 18.2 Å². The van der Waals surface area contributed by atoms with Crippen molar-refractivity contribution in [2.24, 2.45) is 0 Å². The minimum absolute atomic E-state index is 0.00468. The van der Waals surface area contributed by atoms with Gasteiger partial charge in [0.2, 0.25) is 0 Å². The van der Waals surface area contributed by atoms with Crippen LogP contribution in [0.3, 0.4) is 0 Å². The third-order valence-corrected chi connectivity index (χ3v) is 4.07. The van der Waals surface area contributed by atoms with Crippen molar-refractivity contribution >= 4 is 16.8 Å². The molecule has 1 amide bonds. The third-order valence-electron chi connectivity index (χ3n) is 4.07. The van der Waals surface area contributed by atoms with Gasteiger partial charge in [0, 0.05) is 23.5 Å². The topological polar surface area (TPSA) is 56.9 Å². The van der Waals surface area contributed by atoms with Crippen LogP contribution in [-0.2, 0) is 0 Å². The van der Waals surface area contributed by atoms with Crippen LogP contribution in [0.5, 0.6) is 0 Å². The zero-order valence-corrected chi connectivity index (χ0v) is 12.0. The highest BCUT2D eigenvalue weighted by Crippen LogP contribution is 2.23. The van der Waals surface area contributed by atoms with Crippen molar-refractivity contribution < 1.29 is 4.79 Å². The molecule has 0 aliphatic carbocycles. The number of aryl methyl sites for hydroxylation is 2. The summed E-state index contributed by atoms with van der Waals surface area (Å²) in [6, 6.07) is 6.46. The van der Waals surface area contributed by atoms with E-state index in [1.807, 2.05) is 13.0 Å². The Labute approximate surface area is 118 Å². The van der Waals surface area contributed by atoms with Crippen LogP contribution in [0, 0.1) is 13.8 Å². The number of H-pyrrole nitrogens is 1. The molecule has 0 spiro atoms. The summed E-state index contributed by atoms with van der Waals surface area (Å²) in [6.45, 7) is 5.99. The van der Waals surface area contributed by atoms with Crippen molar-refractivity contribution in [1.29, 1.82) is 0 Å². The average molecular weight is 271 g/mol. The number of fused-ring (bicyclic) bond motifs is 1.